The summed E-state index contributed by atoms with van der Waals surface area (Å²) in [6.07, 6.45) is 3.44. The molecule has 1 aliphatic heterocycles. The molecule has 0 spiro atoms. The summed E-state index contributed by atoms with van der Waals surface area (Å²) in [4.78, 5) is 14.1. The van der Waals surface area contributed by atoms with Crippen molar-refractivity contribution in [2.24, 2.45) is 0 Å². The van der Waals surface area contributed by atoms with Crippen LogP contribution >= 0.6 is 0 Å². The van der Waals surface area contributed by atoms with Crippen molar-refractivity contribution < 1.29 is 9.53 Å². The molecule has 19 heavy (non-hydrogen) atoms. The highest BCUT2D eigenvalue weighted by Crippen LogP contribution is 2.20. The Hall–Kier alpha value is -1.51. The van der Waals surface area contributed by atoms with Gasteiger partial charge in [-0.15, -0.1) is 0 Å². The number of benzene rings is 1. The summed E-state index contributed by atoms with van der Waals surface area (Å²) < 4.78 is 5.66. The van der Waals surface area contributed by atoms with Crippen LogP contribution in [0.1, 0.15) is 37.3 Å². The van der Waals surface area contributed by atoms with E-state index in [9.17, 15) is 4.79 Å². The molecule has 0 bridgehead atoms. The van der Waals surface area contributed by atoms with Crippen molar-refractivity contribution in [3.05, 3.63) is 29.3 Å². The van der Waals surface area contributed by atoms with Crippen LogP contribution in [0.3, 0.4) is 0 Å². The maximum absolute atomic E-state index is 12.2. The van der Waals surface area contributed by atoms with Crippen LogP contribution in [0.15, 0.2) is 18.2 Å². The third-order valence-electron chi connectivity index (χ3n) is 3.80. The van der Waals surface area contributed by atoms with Gasteiger partial charge in [-0.1, -0.05) is 17.7 Å². The number of ether oxygens (including phenoxy) is 1. The molecule has 0 saturated carbocycles. The Kier molecular flexibility index (Phi) is 4.46. The molecule has 0 radical (unpaired) electrons. The van der Waals surface area contributed by atoms with Crippen molar-refractivity contribution in [2.45, 2.75) is 46.1 Å². The second kappa shape index (κ2) is 6.09. The molecule has 1 heterocycles. The molecule has 1 atom stereocenters. The van der Waals surface area contributed by atoms with Gasteiger partial charge in [0.2, 0.25) is 0 Å². The number of amides is 1. The monoisotopic (exact) mass is 261 g/mol. The van der Waals surface area contributed by atoms with Gasteiger partial charge < -0.3 is 9.64 Å². The van der Waals surface area contributed by atoms with E-state index in [2.05, 4.69) is 19.9 Å². The van der Waals surface area contributed by atoms with Crippen molar-refractivity contribution >= 4 is 5.91 Å². The summed E-state index contributed by atoms with van der Waals surface area (Å²) in [5.41, 5.74) is 2.29. The Bertz CT molecular complexity index is 456. The summed E-state index contributed by atoms with van der Waals surface area (Å²) in [6.45, 7) is 7.20. The minimum atomic E-state index is 0.104. The van der Waals surface area contributed by atoms with E-state index in [1.165, 1.54) is 12.0 Å². The Labute approximate surface area is 115 Å². The largest absolute Gasteiger partial charge is 0.484 e. The van der Waals surface area contributed by atoms with Gasteiger partial charge in [-0.25, -0.2) is 0 Å². The number of hydrogen-bond acceptors (Lipinski definition) is 2. The second-order valence-corrected chi connectivity index (χ2v) is 5.49. The van der Waals surface area contributed by atoms with E-state index < -0.39 is 0 Å². The molecule has 3 heteroatoms. The quantitative estimate of drug-likeness (QED) is 0.837. The van der Waals surface area contributed by atoms with E-state index in [0.29, 0.717) is 6.04 Å². The van der Waals surface area contributed by atoms with Crippen molar-refractivity contribution in [1.29, 1.82) is 0 Å². The highest BCUT2D eigenvalue weighted by molar-refractivity contribution is 5.78. The molecule has 1 aromatic carbocycles. The van der Waals surface area contributed by atoms with E-state index in [0.717, 1.165) is 30.7 Å². The summed E-state index contributed by atoms with van der Waals surface area (Å²) in [5.74, 6) is 0.913. The van der Waals surface area contributed by atoms with Crippen LogP contribution in [0, 0.1) is 13.8 Å². The first kappa shape index (κ1) is 13.9. The molecule has 1 saturated heterocycles. The molecule has 0 aliphatic carbocycles. The average Bonchev–Trinajstić information content (AvgIpc) is 2.38. The number of nitrogens with zero attached hydrogens (tertiary/aromatic N) is 1. The molecule has 3 nitrogen and oxygen atoms in total. The maximum atomic E-state index is 12.2. The van der Waals surface area contributed by atoms with Crippen LogP contribution in [-0.4, -0.2) is 30.0 Å². The van der Waals surface area contributed by atoms with Gasteiger partial charge in [-0.2, -0.15) is 0 Å². The third-order valence-corrected chi connectivity index (χ3v) is 3.80. The normalized spacial score (nSPS) is 19.3. The number of likely N-dealkylation sites (tertiary alicyclic amines) is 1. The number of rotatable bonds is 3. The third kappa shape index (κ3) is 3.49. The molecule has 0 N–H and O–H groups in total. The lowest BCUT2D eigenvalue weighted by molar-refractivity contribution is -0.136. The lowest BCUT2D eigenvalue weighted by Gasteiger charge is -2.33. The molecule has 1 amide bonds. The number of carbonyl (C=O) groups excluding carboxylic acids is 1. The summed E-state index contributed by atoms with van der Waals surface area (Å²) in [7, 11) is 0. The fraction of sp³-hybridized carbons (Fsp3) is 0.562. The van der Waals surface area contributed by atoms with Gasteiger partial charge in [0, 0.05) is 12.6 Å². The zero-order chi connectivity index (χ0) is 13.8. The van der Waals surface area contributed by atoms with E-state index in [1.807, 2.05) is 24.0 Å². The topological polar surface area (TPSA) is 29.5 Å². The standard InChI is InChI=1S/C16H23NO2/c1-12-7-8-15(13(2)10-12)19-11-16(18)17-9-5-4-6-14(17)3/h7-8,10,14H,4-6,9,11H2,1-3H3. The van der Waals surface area contributed by atoms with E-state index in [1.54, 1.807) is 0 Å². The van der Waals surface area contributed by atoms with Crippen LogP contribution in [0.2, 0.25) is 0 Å². The summed E-state index contributed by atoms with van der Waals surface area (Å²) in [6, 6.07) is 6.38. The fourth-order valence-corrected chi connectivity index (χ4v) is 2.65. The Morgan fingerprint density at radius 3 is 2.84 bits per heavy atom. The molecule has 104 valence electrons. The Morgan fingerprint density at radius 2 is 2.16 bits per heavy atom. The maximum Gasteiger partial charge on any atom is 0.260 e. The average molecular weight is 261 g/mol. The van der Waals surface area contributed by atoms with E-state index in [-0.39, 0.29) is 12.5 Å². The molecule has 0 aromatic heterocycles. The SMILES string of the molecule is Cc1ccc(OCC(=O)N2CCCCC2C)c(C)c1. The molecular formula is C16H23NO2. The van der Waals surface area contributed by atoms with E-state index >= 15 is 0 Å². The zero-order valence-electron chi connectivity index (χ0n) is 12.1. The number of hydrogen-bond donors (Lipinski definition) is 0. The van der Waals surface area contributed by atoms with Gasteiger partial charge >= 0.3 is 0 Å². The van der Waals surface area contributed by atoms with Crippen LogP contribution < -0.4 is 4.74 Å². The van der Waals surface area contributed by atoms with Gasteiger partial charge in [0.25, 0.3) is 5.91 Å². The van der Waals surface area contributed by atoms with Gasteiger partial charge in [0.05, 0.1) is 0 Å². The number of carbonyl (C=O) groups is 1. The molecule has 1 unspecified atom stereocenters. The Balaban J connectivity index is 1.92. The first-order chi connectivity index (χ1) is 9.08. The number of aryl methyl sites for hydroxylation is 2. The van der Waals surface area contributed by atoms with Gasteiger partial charge in [-0.05, 0) is 51.7 Å². The summed E-state index contributed by atoms with van der Waals surface area (Å²) >= 11 is 0. The van der Waals surface area contributed by atoms with Crippen molar-refractivity contribution in [3.8, 4) is 5.75 Å². The summed E-state index contributed by atoms with van der Waals surface area (Å²) in [5, 5.41) is 0. The highest BCUT2D eigenvalue weighted by atomic mass is 16.5. The van der Waals surface area contributed by atoms with Gasteiger partial charge in [0.15, 0.2) is 6.61 Å². The lowest BCUT2D eigenvalue weighted by Crippen LogP contribution is -2.44. The predicted molar refractivity (Wildman–Crippen MR) is 76.4 cm³/mol. The molecule has 1 fully saturated rings. The zero-order valence-corrected chi connectivity index (χ0v) is 12.1. The van der Waals surface area contributed by atoms with Crippen LogP contribution in [0.5, 0.6) is 5.75 Å². The molecular weight excluding hydrogens is 238 g/mol. The van der Waals surface area contributed by atoms with Crippen molar-refractivity contribution in [1.82, 2.24) is 4.90 Å². The van der Waals surface area contributed by atoms with Gasteiger partial charge in [-0.3, -0.25) is 4.79 Å². The fourth-order valence-electron chi connectivity index (χ4n) is 2.65. The van der Waals surface area contributed by atoms with E-state index in [4.69, 9.17) is 4.74 Å². The molecule has 1 aromatic rings. The van der Waals surface area contributed by atoms with Gasteiger partial charge in [0.1, 0.15) is 5.75 Å². The first-order valence-corrected chi connectivity index (χ1v) is 7.07. The molecule has 2 rings (SSSR count). The minimum Gasteiger partial charge on any atom is -0.484 e. The highest BCUT2D eigenvalue weighted by Gasteiger charge is 2.23. The Morgan fingerprint density at radius 1 is 1.37 bits per heavy atom. The van der Waals surface area contributed by atoms with Crippen molar-refractivity contribution in [2.75, 3.05) is 13.2 Å². The minimum absolute atomic E-state index is 0.104. The van der Waals surface area contributed by atoms with Crippen LogP contribution in [-0.2, 0) is 4.79 Å². The predicted octanol–water partition coefficient (Wildman–Crippen LogP) is 3.08. The van der Waals surface area contributed by atoms with Crippen LogP contribution in [0.25, 0.3) is 0 Å². The van der Waals surface area contributed by atoms with Crippen LogP contribution in [0.4, 0.5) is 0 Å². The smallest absolute Gasteiger partial charge is 0.260 e. The first-order valence-electron chi connectivity index (χ1n) is 7.07. The second-order valence-electron chi connectivity index (χ2n) is 5.49. The lowest BCUT2D eigenvalue weighted by atomic mass is 10.0. The molecule has 1 aliphatic rings. The number of piperidine rings is 1. The van der Waals surface area contributed by atoms with Crippen molar-refractivity contribution in [3.63, 3.8) is 0 Å².